The fourth-order valence-electron chi connectivity index (χ4n) is 9.51. The summed E-state index contributed by atoms with van der Waals surface area (Å²) in [6.07, 6.45) is 0. The first-order valence-corrected chi connectivity index (χ1v) is 18.5. The molecule has 1 unspecified atom stereocenters. The van der Waals surface area contributed by atoms with Crippen LogP contribution in [0.25, 0.3) is 91.5 Å². The van der Waals surface area contributed by atoms with Gasteiger partial charge in [-0.15, -0.1) is 11.3 Å². The number of hydrogen-bond donors (Lipinski definition) is 0. The van der Waals surface area contributed by atoms with E-state index in [9.17, 15) is 0 Å². The van der Waals surface area contributed by atoms with Crippen molar-refractivity contribution in [1.29, 1.82) is 0 Å². The van der Waals surface area contributed by atoms with E-state index in [4.69, 9.17) is 0 Å². The molecule has 1 aliphatic rings. The van der Waals surface area contributed by atoms with Gasteiger partial charge in [0.2, 0.25) is 0 Å². The average Bonchev–Trinajstić information content (AvgIpc) is 3.89. The zero-order valence-corrected chi connectivity index (χ0v) is 28.2. The Morgan fingerprint density at radius 1 is 0.431 bits per heavy atom. The summed E-state index contributed by atoms with van der Waals surface area (Å²) in [6.45, 7) is 0. The van der Waals surface area contributed by atoms with Gasteiger partial charge in [0.25, 0.3) is 0 Å². The first-order valence-electron chi connectivity index (χ1n) is 17.6. The van der Waals surface area contributed by atoms with E-state index in [0.717, 1.165) is 0 Å². The van der Waals surface area contributed by atoms with E-state index in [-0.39, 0.29) is 6.04 Å². The number of fused-ring (bicyclic) bond motifs is 16. The maximum absolute atomic E-state index is 2.61. The summed E-state index contributed by atoms with van der Waals surface area (Å²) >= 11 is 1.94. The highest BCUT2D eigenvalue weighted by molar-refractivity contribution is 7.20. The van der Waals surface area contributed by atoms with Gasteiger partial charge in [0.05, 0.1) is 38.1 Å². The second-order valence-corrected chi connectivity index (χ2v) is 15.2. The summed E-state index contributed by atoms with van der Waals surface area (Å²) in [6, 6.07) is 58.8. The number of aromatic nitrogens is 2. The SMILES string of the molecule is c1ccc2cc(C3c4sc5ccccc5c4N3n3c4ccccc4c4c5c6ccc7ccccc7c6n6c7ccccc7c(cc43)c56)ccc2c1. The molecule has 0 bridgehead atoms. The number of para-hydroxylation sites is 2. The van der Waals surface area contributed by atoms with Crippen LogP contribution in [0.4, 0.5) is 5.69 Å². The second-order valence-electron chi connectivity index (χ2n) is 14.1. The fraction of sp³-hybridized carbons (Fsp3) is 0.0213. The topological polar surface area (TPSA) is 12.6 Å². The Labute approximate surface area is 295 Å². The van der Waals surface area contributed by atoms with Crippen molar-refractivity contribution in [2.45, 2.75) is 6.04 Å². The van der Waals surface area contributed by atoms with Crippen LogP contribution in [0, 0.1) is 0 Å². The molecule has 0 saturated carbocycles. The molecular formula is C47H27N3S. The van der Waals surface area contributed by atoms with Gasteiger partial charge in [0.1, 0.15) is 6.04 Å². The van der Waals surface area contributed by atoms with Crippen LogP contribution in [0.1, 0.15) is 16.5 Å². The molecular weight excluding hydrogens is 639 g/mol. The van der Waals surface area contributed by atoms with Crippen molar-refractivity contribution in [3.63, 3.8) is 0 Å². The Hall–Kier alpha value is -6.36. The highest BCUT2D eigenvalue weighted by Crippen LogP contribution is 2.58. The van der Waals surface area contributed by atoms with Crippen LogP contribution in [0.15, 0.2) is 158 Å². The van der Waals surface area contributed by atoms with Crippen LogP contribution in [0.5, 0.6) is 0 Å². The number of benzene rings is 8. The molecule has 0 aliphatic carbocycles. The molecule has 3 nitrogen and oxygen atoms in total. The third-order valence-electron chi connectivity index (χ3n) is 11.6. The lowest BCUT2D eigenvalue weighted by molar-refractivity contribution is 0.612. The Morgan fingerprint density at radius 3 is 2.00 bits per heavy atom. The molecule has 1 aliphatic heterocycles. The smallest absolute Gasteiger partial charge is 0.112 e. The van der Waals surface area contributed by atoms with Crippen LogP contribution in [-0.4, -0.2) is 9.08 Å². The van der Waals surface area contributed by atoms with Crippen LogP contribution < -0.4 is 5.01 Å². The molecule has 0 spiro atoms. The van der Waals surface area contributed by atoms with E-state index < -0.39 is 0 Å². The van der Waals surface area contributed by atoms with E-state index >= 15 is 0 Å². The van der Waals surface area contributed by atoms with E-state index in [1.165, 1.54) is 108 Å². The van der Waals surface area contributed by atoms with E-state index in [0.29, 0.717) is 0 Å². The first kappa shape index (κ1) is 26.5. The van der Waals surface area contributed by atoms with Crippen molar-refractivity contribution in [1.82, 2.24) is 9.08 Å². The van der Waals surface area contributed by atoms with Gasteiger partial charge in [-0.1, -0.05) is 127 Å². The van der Waals surface area contributed by atoms with Gasteiger partial charge in [-0.2, -0.15) is 0 Å². The lowest BCUT2D eigenvalue weighted by Crippen LogP contribution is -2.41. The normalized spacial score (nSPS) is 14.8. The largest absolute Gasteiger partial charge is 0.307 e. The molecule has 13 rings (SSSR count). The highest BCUT2D eigenvalue weighted by Gasteiger charge is 2.42. The third kappa shape index (κ3) is 3.16. The quantitative estimate of drug-likeness (QED) is 0.179. The first-order chi connectivity index (χ1) is 25.3. The second kappa shape index (κ2) is 9.25. The molecule has 0 fully saturated rings. The maximum atomic E-state index is 2.61. The summed E-state index contributed by atoms with van der Waals surface area (Å²) in [5.74, 6) is 0. The predicted molar refractivity (Wildman–Crippen MR) is 217 cm³/mol. The van der Waals surface area contributed by atoms with Gasteiger partial charge in [0, 0.05) is 47.8 Å². The van der Waals surface area contributed by atoms with Crippen LogP contribution in [-0.2, 0) is 0 Å². The standard InChI is InChI=1S/C47H27N3S/c1-2-13-29-25-30(22-21-27(29)11-1)43-47-46(34-17-7-10-20-40(34)51-47)50(43)49-38-19-9-6-16-33(38)41-39(49)26-36-32-15-5-8-18-37(32)48-44-31-14-4-3-12-28(31)23-24-35(44)42(41)45(36)48/h1-26,43H. The minimum Gasteiger partial charge on any atom is -0.307 e. The number of nitrogens with zero attached hydrogens (tertiary/aromatic N) is 3. The van der Waals surface area contributed by atoms with Gasteiger partial charge in [0.15, 0.2) is 0 Å². The predicted octanol–water partition coefficient (Wildman–Crippen LogP) is 12.8. The summed E-state index contributed by atoms with van der Waals surface area (Å²) in [5, 5.41) is 16.9. The van der Waals surface area contributed by atoms with Crippen LogP contribution in [0.2, 0.25) is 0 Å². The lowest BCUT2D eigenvalue weighted by Gasteiger charge is -2.44. The Balaban J connectivity index is 1.23. The molecule has 1 atom stereocenters. The minimum absolute atomic E-state index is 0.0860. The maximum Gasteiger partial charge on any atom is 0.112 e. The Morgan fingerprint density at radius 2 is 1.12 bits per heavy atom. The number of rotatable bonds is 2. The van der Waals surface area contributed by atoms with Gasteiger partial charge < -0.3 is 4.40 Å². The molecule has 0 amide bonds. The summed E-state index contributed by atoms with van der Waals surface area (Å²) in [4.78, 5) is 1.43. The molecule has 4 heteroatoms. The molecule has 8 aromatic carbocycles. The molecule has 0 saturated heterocycles. The summed E-state index contributed by atoms with van der Waals surface area (Å²) < 4.78 is 6.45. The molecule has 12 aromatic rings. The fourth-order valence-corrected chi connectivity index (χ4v) is 10.8. The minimum atomic E-state index is 0.0860. The molecule has 0 radical (unpaired) electrons. The number of hydrogen-bond acceptors (Lipinski definition) is 2. The molecule has 4 aromatic heterocycles. The third-order valence-corrected chi connectivity index (χ3v) is 12.8. The molecule has 5 heterocycles. The molecule has 0 N–H and O–H groups in total. The molecule has 51 heavy (non-hydrogen) atoms. The monoisotopic (exact) mass is 665 g/mol. The van der Waals surface area contributed by atoms with Gasteiger partial charge in [-0.05, 0) is 52.1 Å². The number of thiophene rings is 1. The van der Waals surface area contributed by atoms with Crippen molar-refractivity contribution in [2.75, 3.05) is 5.01 Å². The number of anilines is 1. The summed E-state index contributed by atoms with van der Waals surface area (Å²) in [7, 11) is 0. The van der Waals surface area contributed by atoms with Crippen LogP contribution in [0.3, 0.4) is 0 Å². The van der Waals surface area contributed by atoms with E-state index in [1.54, 1.807) is 0 Å². The van der Waals surface area contributed by atoms with E-state index in [1.807, 2.05) is 11.3 Å². The highest BCUT2D eigenvalue weighted by atomic mass is 32.1. The van der Waals surface area contributed by atoms with Gasteiger partial charge >= 0.3 is 0 Å². The van der Waals surface area contributed by atoms with Crippen LogP contribution >= 0.6 is 11.3 Å². The Bertz CT molecular complexity index is 3450. The van der Waals surface area contributed by atoms with Crippen molar-refractivity contribution in [3.8, 4) is 0 Å². The lowest BCUT2D eigenvalue weighted by atomic mass is 9.93. The van der Waals surface area contributed by atoms with Crippen molar-refractivity contribution >= 4 is 109 Å². The zero-order chi connectivity index (χ0) is 32.9. The molecule has 236 valence electrons. The van der Waals surface area contributed by atoms with Crippen molar-refractivity contribution in [2.24, 2.45) is 0 Å². The summed E-state index contributed by atoms with van der Waals surface area (Å²) in [5.41, 5.74) is 8.98. The average molecular weight is 666 g/mol. The Kier molecular flexibility index (Phi) is 4.80. The van der Waals surface area contributed by atoms with Crippen molar-refractivity contribution < 1.29 is 0 Å². The van der Waals surface area contributed by atoms with E-state index in [2.05, 4.69) is 172 Å². The van der Waals surface area contributed by atoms with Crippen molar-refractivity contribution in [3.05, 3.63) is 168 Å². The van der Waals surface area contributed by atoms with Gasteiger partial charge in [-0.25, -0.2) is 0 Å². The van der Waals surface area contributed by atoms with Gasteiger partial charge in [-0.3, -0.25) is 9.69 Å². The zero-order valence-electron chi connectivity index (χ0n) is 27.3.